The molecular formula is C18H33N. The Morgan fingerprint density at radius 1 is 1.05 bits per heavy atom. The zero-order chi connectivity index (χ0) is 14.1. The van der Waals surface area contributed by atoms with E-state index in [1.165, 1.54) is 51.4 Å². The molecular weight excluding hydrogens is 230 g/mol. The molecule has 0 aromatic rings. The van der Waals surface area contributed by atoms with E-state index in [2.05, 4.69) is 26.8 Å². The van der Waals surface area contributed by atoms with E-state index in [0.717, 1.165) is 31.1 Å². The lowest BCUT2D eigenvalue weighted by Gasteiger charge is -2.36. The lowest BCUT2D eigenvalue weighted by molar-refractivity contribution is 0.163. The third kappa shape index (κ3) is 5.55. The largest absolute Gasteiger partial charge is 0.198 e. The second-order valence-corrected chi connectivity index (χ2v) is 6.99. The molecule has 110 valence electrons. The third-order valence-corrected chi connectivity index (χ3v) is 5.18. The maximum atomic E-state index is 9.56. The summed E-state index contributed by atoms with van der Waals surface area (Å²) in [5, 5.41) is 9.56. The van der Waals surface area contributed by atoms with E-state index in [-0.39, 0.29) is 5.41 Å². The van der Waals surface area contributed by atoms with Crippen molar-refractivity contribution >= 4 is 0 Å². The predicted molar refractivity (Wildman–Crippen MR) is 82.8 cm³/mol. The first kappa shape index (κ1) is 16.5. The van der Waals surface area contributed by atoms with E-state index in [0.29, 0.717) is 0 Å². The maximum absolute atomic E-state index is 9.56. The average Bonchev–Trinajstić information content (AvgIpc) is 2.43. The molecule has 0 atom stereocenters. The smallest absolute Gasteiger partial charge is 0.0689 e. The first-order chi connectivity index (χ1) is 9.13. The molecule has 0 N–H and O–H groups in total. The van der Waals surface area contributed by atoms with Gasteiger partial charge in [0.25, 0.3) is 0 Å². The van der Waals surface area contributed by atoms with Crippen LogP contribution in [0.1, 0.15) is 91.4 Å². The van der Waals surface area contributed by atoms with Gasteiger partial charge in [-0.05, 0) is 43.9 Å². The normalized spacial score (nSPS) is 27.4. The van der Waals surface area contributed by atoms with Crippen molar-refractivity contribution in [1.82, 2.24) is 0 Å². The number of rotatable bonds is 8. The fourth-order valence-corrected chi connectivity index (χ4v) is 3.52. The van der Waals surface area contributed by atoms with Crippen LogP contribution in [0.2, 0.25) is 0 Å². The van der Waals surface area contributed by atoms with Crippen LogP contribution >= 0.6 is 0 Å². The summed E-state index contributed by atoms with van der Waals surface area (Å²) in [6.07, 6.45) is 14.1. The van der Waals surface area contributed by atoms with Crippen molar-refractivity contribution < 1.29 is 0 Å². The van der Waals surface area contributed by atoms with E-state index < -0.39 is 0 Å². The van der Waals surface area contributed by atoms with E-state index in [1.54, 1.807) is 0 Å². The van der Waals surface area contributed by atoms with Crippen molar-refractivity contribution in [2.45, 2.75) is 91.4 Å². The molecule has 0 amide bonds. The minimum Gasteiger partial charge on any atom is -0.198 e. The summed E-state index contributed by atoms with van der Waals surface area (Å²) in [6.45, 7) is 6.92. The lowest BCUT2D eigenvalue weighted by Crippen LogP contribution is -2.28. The highest BCUT2D eigenvalue weighted by Crippen LogP contribution is 2.44. The summed E-state index contributed by atoms with van der Waals surface area (Å²) < 4.78 is 0. The van der Waals surface area contributed by atoms with Crippen LogP contribution in [0.15, 0.2) is 0 Å². The maximum Gasteiger partial charge on any atom is 0.0689 e. The van der Waals surface area contributed by atoms with Crippen LogP contribution in [-0.4, -0.2) is 0 Å². The molecule has 0 aromatic carbocycles. The van der Waals surface area contributed by atoms with Crippen LogP contribution in [0, 0.1) is 28.6 Å². The Bertz CT molecular complexity index is 266. The van der Waals surface area contributed by atoms with Crippen molar-refractivity contribution in [2.75, 3.05) is 0 Å². The van der Waals surface area contributed by atoms with E-state index in [9.17, 15) is 5.26 Å². The average molecular weight is 263 g/mol. The van der Waals surface area contributed by atoms with Gasteiger partial charge in [0.1, 0.15) is 0 Å². The number of hydrogen-bond donors (Lipinski definition) is 0. The molecule has 1 fully saturated rings. The Balaban J connectivity index is 2.24. The summed E-state index contributed by atoms with van der Waals surface area (Å²) >= 11 is 0. The first-order valence-corrected chi connectivity index (χ1v) is 8.55. The van der Waals surface area contributed by atoms with Crippen molar-refractivity contribution in [3.8, 4) is 6.07 Å². The molecule has 1 nitrogen and oxygen atoms in total. The van der Waals surface area contributed by atoms with Gasteiger partial charge in [-0.3, -0.25) is 0 Å². The van der Waals surface area contributed by atoms with Crippen LogP contribution in [0.25, 0.3) is 0 Å². The molecule has 1 aliphatic rings. The molecule has 1 heteroatoms. The highest BCUT2D eigenvalue weighted by atomic mass is 14.4. The van der Waals surface area contributed by atoms with Gasteiger partial charge in [-0.15, -0.1) is 0 Å². The van der Waals surface area contributed by atoms with Crippen LogP contribution < -0.4 is 0 Å². The summed E-state index contributed by atoms with van der Waals surface area (Å²) in [4.78, 5) is 0. The van der Waals surface area contributed by atoms with E-state index in [1.807, 2.05) is 0 Å². The zero-order valence-electron chi connectivity index (χ0n) is 13.4. The molecule has 0 aromatic heterocycles. The quantitative estimate of drug-likeness (QED) is 0.486. The molecule has 0 heterocycles. The fourth-order valence-electron chi connectivity index (χ4n) is 3.52. The van der Waals surface area contributed by atoms with Crippen LogP contribution in [0.4, 0.5) is 0 Å². The summed E-state index contributed by atoms with van der Waals surface area (Å²) in [5.41, 5.74) is 0.0378. The molecule has 0 saturated heterocycles. The van der Waals surface area contributed by atoms with Gasteiger partial charge in [0.2, 0.25) is 0 Å². The minimum absolute atomic E-state index is 0.0378. The lowest BCUT2D eigenvalue weighted by atomic mass is 9.66. The van der Waals surface area contributed by atoms with Gasteiger partial charge in [0.15, 0.2) is 0 Å². The molecule has 19 heavy (non-hydrogen) atoms. The van der Waals surface area contributed by atoms with Gasteiger partial charge in [0, 0.05) is 0 Å². The molecule has 1 aliphatic carbocycles. The Labute approximate surface area is 120 Å². The highest BCUT2D eigenvalue weighted by Gasteiger charge is 2.35. The number of unbranched alkanes of at least 4 members (excludes halogenated alkanes) is 5. The molecule has 1 rings (SSSR count). The summed E-state index contributed by atoms with van der Waals surface area (Å²) in [6, 6.07) is 2.68. The molecule has 0 unspecified atom stereocenters. The first-order valence-electron chi connectivity index (χ1n) is 8.55. The van der Waals surface area contributed by atoms with Gasteiger partial charge < -0.3 is 0 Å². The van der Waals surface area contributed by atoms with Crippen LogP contribution in [0.3, 0.4) is 0 Å². The SMILES string of the molecule is CCCCCCCCC1(C#N)CCC(C(C)C)CC1. The minimum atomic E-state index is 0.0378. The van der Waals surface area contributed by atoms with E-state index in [4.69, 9.17) is 0 Å². The van der Waals surface area contributed by atoms with Gasteiger partial charge in [-0.2, -0.15) is 5.26 Å². The molecule has 0 radical (unpaired) electrons. The molecule has 0 aliphatic heterocycles. The summed E-state index contributed by atoms with van der Waals surface area (Å²) in [5.74, 6) is 1.66. The number of nitriles is 1. The Kier molecular flexibility index (Phi) is 7.51. The number of hydrogen-bond acceptors (Lipinski definition) is 1. The van der Waals surface area contributed by atoms with E-state index >= 15 is 0 Å². The van der Waals surface area contributed by atoms with Crippen LogP contribution in [-0.2, 0) is 0 Å². The predicted octanol–water partition coefficient (Wildman–Crippen LogP) is 6.09. The summed E-state index contributed by atoms with van der Waals surface area (Å²) in [7, 11) is 0. The molecule has 0 bridgehead atoms. The second-order valence-electron chi connectivity index (χ2n) is 6.99. The second kappa shape index (κ2) is 8.62. The third-order valence-electron chi connectivity index (χ3n) is 5.18. The Morgan fingerprint density at radius 2 is 1.63 bits per heavy atom. The van der Waals surface area contributed by atoms with Gasteiger partial charge in [0.05, 0.1) is 11.5 Å². The van der Waals surface area contributed by atoms with Gasteiger partial charge in [-0.1, -0.05) is 59.3 Å². The van der Waals surface area contributed by atoms with Crippen molar-refractivity contribution in [3.05, 3.63) is 0 Å². The standard InChI is InChI=1S/C18H33N/c1-4-5-6-7-8-9-12-18(15-19)13-10-17(11-14-18)16(2)3/h16-17H,4-14H2,1-3H3. The van der Waals surface area contributed by atoms with Crippen LogP contribution in [0.5, 0.6) is 0 Å². The number of nitrogens with zero attached hydrogens (tertiary/aromatic N) is 1. The van der Waals surface area contributed by atoms with Gasteiger partial charge in [-0.25, -0.2) is 0 Å². The zero-order valence-corrected chi connectivity index (χ0v) is 13.4. The molecule has 0 spiro atoms. The highest BCUT2D eigenvalue weighted by molar-refractivity contribution is 5.01. The van der Waals surface area contributed by atoms with Crippen molar-refractivity contribution in [2.24, 2.45) is 17.3 Å². The van der Waals surface area contributed by atoms with Crippen molar-refractivity contribution in [1.29, 1.82) is 5.26 Å². The topological polar surface area (TPSA) is 23.8 Å². The van der Waals surface area contributed by atoms with Crippen molar-refractivity contribution in [3.63, 3.8) is 0 Å². The monoisotopic (exact) mass is 263 g/mol. The van der Waals surface area contributed by atoms with Gasteiger partial charge >= 0.3 is 0 Å². The Morgan fingerprint density at radius 3 is 2.16 bits per heavy atom. The Hall–Kier alpha value is -0.510. The fraction of sp³-hybridized carbons (Fsp3) is 0.944. The molecule has 1 saturated carbocycles.